The van der Waals surface area contributed by atoms with E-state index < -0.39 is 5.97 Å². The molecule has 0 aliphatic heterocycles. The molecule has 0 spiro atoms. The van der Waals surface area contributed by atoms with Crippen molar-refractivity contribution in [3.05, 3.63) is 25.3 Å². The fourth-order valence-electron chi connectivity index (χ4n) is 0.692. The fraction of sp³-hybridized carbons (Fsp3) is 0.500. The highest BCUT2D eigenvalue weighted by molar-refractivity contribution is 5.81. The number of carbonyl (C=O) groups excluding carboxylic acids is 1. The third-order valence-corrected chi connectivity index (χ3v) is 1.34. The highest BCUT2D eigenvalue weighted by Gasteiger charge is 1.94. The average molecular weight is 184 g/mol. The van der Waals surface area contributed by atoms with Crippen molar-refractivity contribution >= 4 is 5.97 Å². The number of esters is 1. The van der Waals surface area contributed by atoms with Crippen LogP contribution >= 0.6 is 0 Å². The molecular formula is C10H16O3. The molecule has 0 aromatic rings. The number of hydrogen-bond donors (Lipinski definition) is 0. The summed E-state index contributed by atoms with van der Waals surface area (Å²) in [5.74, 6) is -0.408. The van der Waals surface area contributed by atoms with E-state index in [9.17, 15) is 4.79 Å². The molecule has 0 saturated heterocycles. The maximum Gasteiger partial charge on any atom is 0.330 e. The standard InChI is InChI=1S/C10H16O3/c1-3-5-6-7-12-8-9-13-10(11)4-2/h3-4H,1-2,5-9H2. The number of rotatable bonds is 8. The minimum absolute atomic E-state index is 0.291. The summed E-state index contributed by atoms with van der Waals surface area (Å²) in [6.45, 7) is 8.28. The van der Waals surface area contributed by atoms with Crippen molar-refractivity contribution in [3.63, 3.8) is 0 Å². The molecule has 0 heterocycles. The Bertz CT molecular complexity index is 164. The van der Waals surface area contributed by atoms with Crippen molar-refractivity contribution in [1.82, 2.24) is 0 Å². The van der Waals surface area contributed by atoms with Gasteiger partial charge in [0, 0.05) is 12.7 Å². The second-order valence-corrected chi connectivity index (χ2v) is 2.41. The van der Waals surface area contributed by atoms with E-state index in [4.69, 9.17) is 9.47 Å². The maximum atomic E-state index is 10.5. The third kappa shape index (κ3) is 8.82. The van der Waals surface area contributed by atoms with E-state index in [1.807, 2.05) is 6.08 Å². The molecule has 0 aromatic carbocycles. The van der Waals surface area contributed by atoms with Gasteiger partial charge in [0.1, 0.15) is 6.61 Å². The average Bonchev–Trinajstić information content (AvgIpc) is 2.16. The monoisotopic (exact) mass is 184 g/mol. The second-order valence-electron chi connectivity index (χ2n) is 2.41. The van der Waals surface area contributed by atoms with E-state index >= 15 is 0 Å². The predicted octanol–water partition coefficient (Wildman–Crippen LogP) is 1.70. The normalized spacial score (nSPS) is 9.23. The Hall–Kier alpha value is -1.09. The van der Waals surface area contributed by atoms with Crippen LogP contribution in [0.15, 0.2) is 25.3 Å². The number of unbranched alkanes of at least 4 members (excludes halogenated alkanes) is 1. The molecule has 0 saturated carbocycles. The molecule has 0 aliphatic rings. The molecule has 0 bridgehead atoms. The molecule has 74 valence electrons. The minimum atomic E-state index is -0.408. The largest absolute Gasteiger partial charge is 0.460 e. The molecule has 0 fully saturated rings. The lowest BCUT2D eigenvalue weighted by molar-refractivity contribution is -0.139. The second kappa shape index (κ2) is 9.00. The Balaban J connectivity index is 3.03. The Morgan fingerprint density at radius 1 is 1.23 bits per heavy atom. The molecule has 13 heavy (non-hydrogen) atoms. The highest BCUT2D eigenvalue weighted by atomic mass is 16.6. The van der Waals surface area contributed by atoms with E-state index in [1.54, 1.807) is 0 Å². The summed E-state index contributed by atoms with van der Waals surface area (Å²) in [4.78, 5) is 10.5. The maximum absolute atomic E-state index is 10.5. The van der Waals surface area contributed by atoms with Crippen LogP contribution in [0.25, 0.3) is 0 Å². The Morgan fingerprint density at radius 2 is 2.00 bits per heavy atom. The summed E-state index contributed by atoms with van der Waals surface area (Å²) in [5, 5.41) is 0. The quantitative estimate of drug-likeness (QED) is 0.249. The molecule has 0 amide bonds. The SMILES string of the molecule is C=CCCCOCCOC(=O)C=C. The zero-order chi connectivity index (χ0) is 9.94. The van der Waals surface area contributed by atoms with Crippen LogP contribution in [0.3, 0.4) is 0 Å². The number of hydrogen-bond acceptors (Lipinski definition) is 3. The van der Waals surface area contributed by atoms with Crippen LogP contribution in [-0.4, -0.2) is 25.8 Å². The van der Waals surface area contributed by atoms with Gasteiger partial charge in [0.2, 0.25) is 0 Å². The van der Waals surface area contributed by atoms with Crippen LogP contribution in [-0.2, 0) is 14.3 Å². The van der Waals surface area contributed by atoms with E-state index in [0.29, 0.717) is 19.8 Å². The fourth-order valence-corrected chi connectivity index (χ4v) is 0.692. The summed E-state index contributed by atoms with van der Waals surface area (Å²) in [6.07, 6.45) is 4.89. The van der Waals surface area contributed by atoms with Gasteiger partial charge in [0.25, 0.3) is 0 Å². The van der Waals surface area contributed by atoms with Crippen molar-refractivity contribution < 1.29 is 14.3 Å². The Kier molecular flexibility index (Phi) is 8.25. The van der Waals surface area contributed by atoms with Gasteiger partial charge in [-0.25, -0.2) is 4.79 Å². The first-order chi connectivity index (χ1) is 6.31. The lowest BCUT2D eigenvalue weighted by atomic mass is 10.3. The lowest BCUT2D eigenvalue weighted by Crippen LogP contribution is -2.08. The van der Waals surface area contributed by atoms with E-state index in [2.05, 4.69) is 13.2 Å². The lowest BCUT2D eigenvalue weighted by Gasteiger charge is -2.03. The van der Waals surface area contributed by atoms with Crippen LogP contribution < -0.4 is 0 Å². The first-order valence-corrected chi connectivity index (χ1v) is 4.29. The van der Waals surface area contributed by atoms with E-state index in [1.165, 1.54) is 0 Å². The van der Waals surface area contributed by atoms with Gasteiger partial charge in [-0.3, -0.25) is 0 Å². The molecule has 3 nitrogen and oxygen atoms in total. The molecule has 0 N–H and O–H groups in total. The first kappa shape index (κ1) is 11.9. The molecule has 0 unspecified atom stereocenters. The van der Waals surface area contributed by atoms with Gasteiger partial charge in [0.15, 0.2) is 0 Å². The van der Waals surface area contributed by atoms with Gasteiger partial charge in [0.05, 0.1) is 6.61 Å². The predicted molar refractivity (Wildman–Crippen MR) is 51.4 cm³/mol. The van der Waals surface area contributed by atoms with Crippen molar-refractivity contribution in [3.8, 4) is 0 Å². The van der Waals surface area contributed by atoms with Gasteiger partial charge < -0.3 is 9.47 Å². The minimum Gasteiger partial charge on any atom is -0.460 e. The summed E-state index contributed by atoms with van der Waals surface area (Å²) in [7, 11) is 0. The van der Waals surface area contributed by atoms with E-state index in [0.717, 1.165) is 18.9 Å². The van der Waals surface area contributed by atoms with Gasteiger partial charge in [-0.05, 0) is 12.8 Å². The zero-order valence-electron chi connectivity index (χ0n) is 7.83. The molecule has 0 atom stereocenters. The van der Waals surface area contributed by atoms with Crippen molar-refractivity contribution in [2.45, 2.75) is 12.8 Å². The van der Waals surface area contributed by atoms with Crippen molar-refractivity contribution in [1.29, 1.82) is 0 Å². The van der Waals surface area contributed by atoms with Crippen LogP contribution in [0.2, 0.25) is 0 Å². The van der Waals surface area contributed by atoms with Crippen LogP contribution in [0.1, 0.15) is 12.8 Å². The number of ether oxygens (including phenoxy) is 2. The number of allylic oxidation sites excluding steroid dienone is 1. The van der Waals surface area contributed by atoms with Crippen LogP contribution in [0.5, 0.6) is 0 Å². The molecular weight excluding hydrogens is 168 g/mol. The summed E-state index contributed by atoms with van der Waals surface area (Å²) in [6, 6.07) is 0. The highest BCUT2D eigenvalue weighted by Crippen LogP contribution is 1.90. The first-order valence-electron chi connectivity index (χ1n) is 4.29. The van der Waals surface area contributed by atoms with Gasteiger partial charge in [-0.2, -0.15) is 0 Å². The topological polar surface area (TPSA) is 35.5 Å². The Labute approximate surface area is 79.0 Å². The smallest absolute Gasteiger partial charge is 0.330 e. The summed E-state index contributed by atoms with van der Waals surface area (Å²) in [5.41, 5.74) is 0. The molecule has 3 heteroatoms. The van der Waals surface area contributed by atoms with Crippen molar-refractivity contribution in [2.75, 3.05) is 19.8 Å². The van der Waals surface area contributed by atoms with Gasteiger partial charge in [-0.1, -0.05) is 12.7 Å². The van der Waals surface area contributed by atoms with Crippen molar-refractivity contribution in [2.24, 2.45) is 0 Å². The van der Waals surface area contributed by atoms with E-state index in [-0.39, 0.29) is 0 Å². The Morgan fingerprint density at radius 3 is 2.62 bits per heavy atom. The molecule has 0 aromatic heterocycles. The van der Waals surface area contributed by atoms with Gasteiger partial charge in [-0.15, -0.1) is 6.58 Å². The van der Waals surface area contributed by atoms with Gasteiger partial charge >= 0.3 is 5.97 Å². The third-order valence-electron chi connectivity index (χ3n) is 1.34. The molecule has 0 radical (unpaired) electrons. The molecule has 0 aliphatic carbocycles. The molecule has 0 rings (SSSR count). The summed E-state index contributed by atoms with van der Waals surface area (Å²) < 4.78 is 9.87. The van der Waals surface area contributed by atoms with Crippen LogP contribution in [0.4, 0.5) is 0 Å². The van der Waals surface area contributed by atoms with Crippen LogP contribution in [0, 0.1) is 0 Å². The number of carbonyl (C=O) groups is 1. The summed E-state index contributed by atoms with van der Waals surface area (Å²) >= 11 is 0. The zero-order valence-corrected chi connectivity index (χ0v) is 7.83.